The third-order valence-corrected chi connectivity index (χ3v) is 2.61. The third-order valence-electron chi connectivity index (χ3n) is 2.61. The highest BCUT2D eigenvalue weighted by Crippen LogP contribution is 2.25. The smallest absolute Gasteiger partial charge is 0.243 e. The van der Waals surface area contributed by atoms with Crippen molar-refractivity contribution in [2.24, 2.45) is 16.5 Å². The molecule has 7 heteroatoms. The van der Waals surface area contributed by atoms with Gasteiger partial charge >= 0.3 is 0 Å². The van der Waals surface area contributed by atoms with E-state index in [1.807, 2.05) is 0 Å². The van der Waals surface area contributed by atoms with Gasteiger partial charge in [0, 0.05) is 19.2 Å². The van der Waals surface area contributed by atoms with Crippen LogP contribution >= 0.6 is 0 Å². The molecule has 114 valence electrons. The summed E-state index contributed by atoms with van der Waals surface area (Å²) in [5, 5.41) is 21.2. The first-order valence-corrected chi connectivity index (χ1v) is 6.52. The number of unbranched alkanes of at least 4 members (excludes halogenated alkanes) is 1. The first-order chi connectivity index (χ1) is 9.99. The Morgan fingerprint density at radius 2 is 2.00 bits per heavy atom. The molecular weight excluding hydrogens is 272 g/mol. The van der Waals surface area contributed by atoms with Gasteiger partial charge in [0.15, 0.2) is 17.5 Å². The largest absolute Gasteiger partial charge is 0.504 e. The molecule has 0 fully saturated rings. The number of hydrogen-bond donors (Lipinski definition) is 5. The van der Waals surface area contributed by atoms with E-state index in [0.717, 1.165) is 12.8 Å². The van der Waals surface area contributed by atoms with E-state index in [1.165, 1.54) is 18.2 Å². The quantitative estimate of drug-likeness (QED) is 0.162. The van der Waals surface area contributed by atoms with Crippen LogP contribution in [0.4, 0.5) is 0 Å². The number of benzene rings is 1. The second kappa shape index (κ2) is 8.47. The normalized spacial score (nSPS) is 10.5. The lowest BCUT2D eigenvalue weighted by molar-refractivity contribution is -0.116. The summed E-state index contributed by atoms with van der Waals surface area (Å²) in [6, 6.07) is 4.32. The molecule has 1 aromatic carbocycles. The number of amides is 1. The van der Waals surface area contributed by atoms with Crippen LogP contribution in [0.25, 0.3) is 6.08 Å². The number of hydrogen-bond acceptors (Lipinski definition) is 4. The number of aliphatic imine (C=N–C) groups is 1. The molecule has 0 bridgehead atoms. The molecule has 0 aliphatic carbocycles. The van der Waals surface area contributed by atoms with Crippen molar-refractivity contribution in [2.45, 2.75) is 12.8 Å². The molecule has 0 aliphatic rings. The SMILES string of the molecule is NC(N)=NCCCCNC(=O)/C=C/c1ccc(O)c(O)c1. The minimum absolute atomic E-state index is 0.0686. The zero-order valence-corrected chi connectivity index (χ0v) is 11.6. The maximum atomic E-state index is 11.5. The first kappa shape index (κ1) is 16.4. The van der Waals surface area contributed by atoms with Crippen molar-refractivity contribution >= 4 is 17.9 Å². The average molecular weight is 292 g/mol. The highest BCUT2D eigenvalue weighted by atomic mass is 16.3. The van der Waals surface area contributed by atoms with Gasteiger partial charge in [-0.15, -0.1) is 0 Å². The van der Waals surface area contributed by atoms with Gasteiger partial charge in [0.1, 0.15) is 0 Å². The lowest BCUT2D eigenvalue weighted by Crippen LogP contribution is -2.24. The second-order valence-electron chi connectivity index (χ2n) is 4.39. The van der Waals surface area contributed by atoms with Crippen molar-refractivity contribution in [3.05, 3.63) is 29.8 Å². The number of guanidine groups is 1. The fourth-order valence-corrected chi connectivity index (χ4v) is 1.53. The third kappa shape index (κ3) is 6.86. The molecule has 7 N–H and O–H groups in total. The van der Waals surface area contributed by atoms with Crippen molar-refractivity contribution in [3.63, 3.8) is 0 Å². The van der Waals surface area contributed by atoms with E-state index < -0.39 is 0 Å². The van der Waals surface area contributed by atoms with Crippen LogP contribution < -0.4 is 16.8 Å². The van der Waals surface area contributed by atoms with Gasteiger partial charge in [-0.05, 0) is 36.6 Å². The summed E-state index contributed by atoms with van der Waals surface area (Å²) in [6.07, 6.45) is 4.47. The number of carbonyl (C=O) groups excluding carboxylic acids is 1. The van der Waals surface area contributed by atoms with Crippen molar-refractivity contribution in [1.29, 1.82) is 0 Å². The number of nitrogens with zero attached hydrogens (tertiary/aromatic N) is 1. The van der Waals surface area contributed by atoms with Gasteiger partial charge in [0.05, 0.1) is 0 Å². The van der Waals surface area contributed by atoms with Crippen molar-refractivity contribution in [1.82, 2.24) is 5.32 Å². The lowest BCUT2D eigenvalue weighted by atomic mass is 10.2. The number of carbonyl (C=O) groups is 1. The monoisotopic (exact) mass is 292 g/mol. The standard InChI is InChI=1S/C14H20N4O3/c15-14(16)18-8-2-1-7-17-13(21)6-4-10-3-5-11(19)12(20)9-10/h3-6,9,19-20H,1-2,7-8H2,(H,17,21)(H4,15,16,18)/b6-4+. The Morgan fingerprint density at radius 3 is 2.67 bits per heavy atom. The topological polar surface area (TPSA) is 134 Å². The van der Waals surface area contributed by atoms with Crippen LogP contribution in [0.15, 0.2) is 29.3 Å². The number of nitrogens with one attached hydrogen (secondary N) is 1. The molecule has 0 aromatic heterocycles. The van der Waals surface area contributed by atoms with Gasteiger partial charge in [0.2, 0.25) is 5.91 Å². The molecule has 0 saturated carbocycles. The Kier molecular flexibility index (Phi) is 6.59. The van der Waals surface area contributed by atoms with Gasteiger partial charge in [-0.1, -0.05) is 6.07 Å². The number of rotatable bonds is 7. The fraction of sp³-hybridized carbons (Fsp3) is 0.286. The highest BCUT2D eigenvalue weighted by Gasteiger charge is 1.99. The van der Waals surface area contributed by atoms with Gasteiger partial charge in [-0.25, -0.2) is 0 Å². The summed E-state index contributed by atoms with van der Waals surface area (Å²) in [4.78, 5) is 15.4. The average Bonchev–Trinajstić information content (AvgIpc) is 2.43. The van der Waals surface area contributed by atoms with Crippen molar-refractivity contribution < 1.29 is 15.0 Å². The zero-order valence-electron chi connectivity index (χ0n) is 11.6. The predicted octanol–water partition coefficient (Wildman–Crippen LogP) is 0.281. The van der Waals surface area contributed by atoms with Crippen LogP contribution in [0.3, 0.4) is 0 Å². The Labute approximate surface area is 123 Å². The van der Waals surface area contributed by atoms with Crippen LogP contribution in [0.5, 0.6) is 11.5 Å². The van der Waals surface area contributed by atoms with E-state index in [4.69, 9.17) is 16.6 Å². The molecular formula is C14H20N4O3. The first-order valence-electron chi connectivity index (χ1n) is 6.52. The van der Waals surface area contributed by atoms with E-state index >= 15 is 0 Å². The van der Waals surface area contributed by atoms with Crippen LogP contribution in [0, 0.1) is 0 Å². The van der Waals surface area contributed by atoms with Crippen LogP contribution in [-0.2, 0) is 4.79 Å². The maximum Gasteiger partial charge on any atom is 0.243 e. The van der Waals surface area contributed by atoms with E-state index in [9.17, 15) is 9.90 Å². The van der Waals surface area contributed by atoms with Crippen LogP contribution in [0.1, 0.15) is 18.4 Å². The molecule has 1 amide bonds. The Morgan fingerprint density at radius 1 is 1.24 bits per heavy atom. The maximum absolute atomic E-state index is 11.5. The predicted molar refractivity (Wildman–Crippen MR) is 81.7 cm³/mol. The molecule has 0 atom stereocenters. The summed E-state index contributed by atoms with van der Waals surface area (Å²) in [5.41, 5.74) is 11.0. The Bertz CT molecular complexity index is 537. The minimum atomic E-state index is -0.232. The lowest BCUT2D eigenvalue weighted by Gasteiger charge is -2.01. The Hall–Kier alpha value is -2.70. The molecule has 0 unspecified atom stereocenters. The molecule has 1 aromatic rings. The summed E-state index contributed by atoms with van der Waals surface area (Å²) < 4.78 is 0. The van der Waals surface area contributed by atoms with Crippen LogP contribution in [0.2, 0.25) is 0 Å². The van der Waals surface area contributed by atoms with Crippen LogP contribution in [-0.4, -0.2) is 35.2 Å². The van der Waals surface area contributed by atoms with E-state index in [1.54, 1.807) is 12.1 Å². The minimum Gasteiger partial charge on any atom is -0.504 e. The fourth-order valence-electron chi connectivity index (χ4n) is 1.53. The van der Waals surface area contributed by atoms with Crippen molar-refractivity contribution in [2.75, 3.05) is 13.1 Å². The summed E-state index contributed by atoms with van der Waals surface area (Å²) >= 11 is 0. The van der Waals surface area contributed by atoms with Gasteiger partial charge in [-0.2, -0.15) is 0 Å². The summed E-state index contributed by atoms with van der Waals surface area (Å²) in [5.74, 6) is -0.585. The van der Waals surface area contributed by atoms with E-state index in [2.05, 4.69) is 10.3 Å². The van der Waals surface area contributed by atoms with Gasteiger partial charge < -0.3 is 27.0 Å². The molecule has 7 nitrogen and oxygen atoms in total. The molecule has 0 spiro atoms. The van der Waals surface area contributed by atoms with Crippen molar-refractivity contribution in [3.8, 4) is 11.5 Å². The zero-order chi connectivity index (χ0) is 15.7. The van der Waals surface area contributed by atoms with E-state index in [0.29, 0.717) is 18.7 Å². The van der Waals surface area contributed by atoms with Gasteiger partial charge in [0.25, 0.3) is 0 Å². The Balaban J connectivity index is 2.28. The molecule has 0 radical (unpaired) electrons. The summed E-state index contributed by atoms with van der Waals surface area (Å²) in [7, 11) is 0. The molecule has 21 heavy (non-hydrogen) atoms. The number of phenols is 2. The molecule has 1 rings (SSSR count). The molecule has 0 heterocycles. The highest BCUT2D eigenvalue weighted by molar-refractivity contribution is 5.91. The number of aromatic hydroxyl groups is 2. The van der Waals surface area contributed by atoms with E-state index in [-0.39, 0.29) is 23.4 Å². The molecule has 0 aliphatic heterocycles. The molecule has 0 saturated heterocycles. The van der Waals surface area contributed by atoms with Gasteiger partial charge in [-0.3, -0.25) is 9.79 Å². The number of nitrogens with two attached hydrogens (primary N) is 2. The number of phenolic OH excluding ortho intramolecular Hbond substituents is 2. The summed E-state index contributed by atoms with van der Waals surface area (Å²) in [6.45, 7) is 1.07. The second-order valence-corrected chi connectivity index (χ2v) is 4.39.